The van der Waals surface area contributed by atoms with E-state index in [0.29, 0.717) is 18.3 Å². The summed E-state index contributed by atoms with van der Waals surface area (Å²) in [5.74, 6) is 0.238. The summed E-state index contributed by atoms with van der Waals surface area (Å²) in [5.41, 5.74) is 1.20. The van der Waals surface area contributed by atoms with Crippen LogP contribution in [0, 0.1) is 23.7 Å². The van der Waals surface area contributed by atoms with Gasteiger partial charge >= 0.3 is 0 Å². The fourth-order valence-corrected chi connectivity index (χ4v) is 6.48. The van der Waals surface area contributed by atoms with Crippen molar-refractivity contribution in [2.45, 2.75) is 102 Å². The molecule has 0 amide bonds. The highest BCUT2D eigenvalue weighted by molar-refractivity contribution is 5.94. The van der Waals surface area contributed by atoms with Gasteiger partial charge in [-0.25, -0.2) is 0 Å². The van der Waals surface area contributed by atoms with E-state index in [0.717, 1.165) is 64.2 Å². The van der Waals surface area contributed by atoms with Crippen LogP contribution in [0.15, 0.2) is 23.8 Å². The summed E-state index contributed by atoms with van der Waals surface area (Å²) in [7, 11) is 1.77. The molecule has 0 radical (unpaired) electrons. The fraction of sp³-hybridized carbons (Fsp3) is 0.786. The molecular weight excluding hydrogens is 416 g/mol. The molecule has 1 aliphatic heterocycles. The van der Waals surface area contributed by atoms with Gasteiger partial charge in [0.15, 0.2) is 5.78 Å². The first kappa shape index (κ1) is 24.8. The van der Waals surface area contributed by atoms with Crippen LogP contribution in [-0.2, 0) is 23.8 Å². The van der Waals surface area contributed by atoms with E-state index in [1.807, 2.05) is 0 Å². The summed E-state index contributed by atoms with van der Waals surface area (Å²) < 4.78 is 18.4. The summed E-state index contributed by atoms with van der Waals surface area (Å²) >= 11 is 0. The predicted molar refractivity (Wildman–Crippen MR) is 128 cm³/mol. The second kappa shape index (κ2) is 11.4. The van der Waals surface area contributed by atoms with Gasteiger partial charge in [-0.3, -0.25) is 9.59 Å². The summed E-state index contributed by atoms with van der Waals surface area (Å²) in [6, 6.07) is 0. The molecule has 184 valence electrons. The molecule has 0 N–H and O–H groups in total. The number of allylic oxidation sites excluding steroid dienone is 3. The molecule has 8 unspecified atom stereocenters. The molecule has 5 heteroatoms. The normalized spacial score (nSPS) is 39.1. The fourth-order valence-electron chi connectivity index (χ4n) is 6.48. The monoisotopic (exact) mass is 458 g/mol. The first-order valence-electron chi connectivity index (χ1n) is 13.2. The van der Waals surface area contributed by atoms with Crippen LogP contribution >= 0.6 is 0 Å². The molecule has 0 aromatic heterocycles. The van der Waals surface area contributed by atoms with E-state index in [9.17, 15) is 9.59 Å². The summed E-state index contributed by atoms with van der Waals surface area (Å²) in [6.45, 7) is 4.60. The van der Waals surface area contributed by atoms with Crippen LogP contribution in [-0.4, -0.2) is 49.7 Å². The number of ketones is 2. The van der Waals surface area contributed by atoms with Gasteiger partial charge in [-0.1, -0.05) is 37.0 Å². The maximum Gasteiger partial charge on any atom is 0.163 e. The van der Waals surface area contributed by atoms with Crippen molar-refractivity contribution in [1.82, 2.24) is 0 Å². The van der Waals surface area contributed by atoms with Crippen LogP contribution in [0.1, 0.15) is 78.1 Å². The highest BCUT2D eigenvalue weighted by Gasteiger charge is 2.53. The average Bonchev–Trinajstić information content (AvgIpc) is 2.82. The third-order valence-electron chi connectivity index (χ3n) is 8.34. The van der Waals surface area contributed by atoms with E-state index in [4.69, 9.17) is 14.2 Å². The Hall–Kier alpha value is -1.30. The Morgan fingerprint density at radius 1 is 1.03 bits per heavy atom. The molecule has 8 atom stereocenters. The van der Waals surface area contributed by atoms with Gasteiger partial charge in [0, 0.05) is 18.9 Å². The number of fused-ring (bicyclic) bond motifs is 2. The Balaban J connectivity index is 1.52. The van der Waals surface area contributed by atoms with Crippen molar-refractivity contribution in [3.63, 3.8) is 0 Å². The van der Waals surface area contributed by atoms with Crippen molar-refractivity contribution in [3.05, 3.63) is 23.8 Å². The van der Waals surface area contributed by atoms with E-state index in [1.54, 1.807) is 13.2 Å². The Morgan fingerprint density at radius 2 is 1.85 bits per heavy atom. The number of carbonyl (C=O) groups excluding carboxylic acids is 2. The number of hydrogen-bond acceptors (Lipinski definition) is 5. The van der Waals surface area contributed by atoms with Gasteiger partial charge in [-0.05, 0) is 70.8 Å². The first-order chi connectivity index (χ1) is 16.0. The van der Waals surface area contributed by atoms with E-state index in [2.05, 4.69) is 26.0 Å². The maximum absolute atomic E-state index is 13.6. The van der Waals surface area contributed by atoms with Gasteiger partial charge in [0.25, 0.3) is 0 Å². The Morgan fingerprint density at radius 3 is 2.64 bits per heavy atom. The predicted octanol–water partition coefficient (Wildman–Crippen LogP) is 5.22. The van der Waals surface area contributed by atoms with E-state index in [1.165, 1.54) is 5.57 Å². The largest absolute Gasteiger partial charge is 0.381 e. The molecule has 0 bridgehead atoms. The first-order valence-corrected chi connectivity index (χ1v) is 13.2. The molecule has 33 heavy (non-hydrogen) atoms. The minimum atomic E-state index is -0.404. The molecule has 0 spiro atoms. The maximum atomic E-state index is 13.6. The van der Waals surface area contributed by atoms with Gasteiger partial charge in [0.1, 0.15) is 5.78 Å². The summed E-state index contributed by atoms with van der Waals surface area (Å²) in [4.78, 5) is 27.0. The molecule has 5 nitrogen and oxygen atoms in total. The molecule has 1 heterocycles. The third kappa shape index (κ3) is 5.86. The number of hydrogen-bond donors (Lipinski definition) is 0. The molecule has 4 rings (SSSR count). The molecule has 3 saturated carbocycles. The Bertz CT molecular complexity index is 751. The van der Waals surface area contributed by atoms with Gasteiger partial charge in [-0.15, -0.1) is 0 Å². The number of rotatable bonds is 7. The third-order valence-corrected chi connectivity index (χ3v) is 8.34. The van der Waals surface area contributed by atoms with Crippen molar-refractivity contribution < 1.29 is 23.8 Å². The second-order valence-electron chi connectivity index (χ2n) is 10.8. The smallest absolute Gasteiger partial charge is 0.163 e. The lowest BCUT2D eigenvalue weighted by atomic mass is 9.66. The molecular formula is C28H42O5. The summed E-state index contributed by atoms with van der Waals surface area (Å²) in [6.07, 6.45) is 15.5. The van der Waals surface area contributed by atoms with Crippen molar-refractivity contribution in [1.29, 1.82) is 0 Å². The second-order valence-corrected chi connectivity index (χ2v) is 10.8. The van der Waals surface area contributed by atoms with Crippen LogP contribution in [0.4, 0.5) is 0 Å². The zero-order chi connectivity index (χ0) is 23.4. The topological polar surface area (TPSA) is 61.8 Å². The van der Waals surface area contributed by atoms with Crippen molar-refractivity contribution in [2.24, 2.45) is 23.7 Å². The minimum absolute atomic E-state index is 0.0240. The molecule has 3 aliphatic carbocycles. The molecule has 1 saturated heterocycles. The van der Waals surface area contributed by atoms with Crippen LogP contribution < -0.4 is 0 Å². The number of Topliss-reactive ketones (excluding diaryl/α,β-unsaturated/α-hetero) is 1. The number of carbonyl (C=O) groups is 2. The van der Waals surface area contributed by atoms with Crippen molar-refractivity contribution >= 4 is 11.6 Å². The van der Waals surface area contributed by atoms with E-state index in [-0.39, 0.29) is 42.0 Å². The lowest BCUT2D eigenvalue weighted by Gasteiger charge is -2.49. The number of ether oxygens (including phenoxy) is 3. The lowest BCUT2D eigenvalue weighted by Crippen LogP contribution is -2.58. The highest BCUT2D eigenvalue weighted by atomic mass is 16.5. The zero-order valence-corrected chi connectivity index (χ0v) is 20.7. The molecule has 4 aliphatic rings. The van der Waals surface area contributed by atoms with Crippen molar-refractivity contribution in [2.75, 3.05) is 13.7 Å². The van der Waals surface area contributed by atoms with Crippen molar-refractivity contribution in [3.8, 4) is 0 Å². The Kier molecular flexibility index (Phi) is 8.59. The SMILES string of the molecule is COC1CCCC(C=CC(=O)C2C(OCC=C(C)C)CCC3C(=O)C4CCCCC4OC32)C1. The highest BCUT2D eigenvalue weighted by Crippen LogP contribution is 2.45. The standard InChI is InChI=1S/C28H42O5/c1-18(2)15-16-32-25-14-12-22-27(30)21-9-4-5-10-24(21)33-28(22)26(25)23(29)13-11-19-7-6-8-20(17-19)31-3/h11,13,15,19-22,24-26,28H,4-10,12,14,16-17H2,1-3H3. The molecule has 4 fully saturated rings. The van der Waals surface area contributed by atoms with Crippen LogP contribution in [0.3, 0.4) is 0 Å². The quantitative estimate of drug-likeness (QED) is 0.387. The Labute approximate surface area is 199 Å². The van der Waals surface area contributed by atoms with Crippen LogP contribution in [0.2, 0.25) is 0 Å². The van der Waals surface area contributed by atoms with Crippen LogP contribution in [0.25, 0.3) is 0 Å². The summed E-state index contributed by atoms with van der Waals surface area (Å²) in [5, 5.41) is 0. The van der Waals surface area contributed by atoms with Gasteiger partial charge in [0.2, 0.25) is 0 Å². The van der Waals surface area contributed by atoms with Gasteiger partial charge in [0.05, 0.1) is 36.9 Å². The average molecular weight is 459 g/mol. The minimum Gasteiger partial charge on any atom is -0.381 e. The van der Waals surface area contributed by atoms with E-state index < -0.39 is 5.92 Å². The van der Waals surface area contributed by atoms with E-state index >= 15 is 0 Å². The molecule has 0 aromatic carbocycles. The lowest BCUT2D eigenvalue weighted by molar-refractivity contribution is -0.192. The van der Waals surface area contributed by atoms with Crippen LogP contribution in [0.5, 0.6) is 0 Å². The van der Waals surface area contributed by atoms with Gasteiger partial charge in [-0.2, -0.15) is 0 Å². The zero-order valence-electron chi connectivity index (χ0n) is 20.7. The van der Waals surface area contributed by atoms with Gasteiger partial charge < -0.3 is 14.2 Å². The number of methoxy groups -OCH3 is 1. The molecule has 0 aromatic rings.